The molecule has 5 nitrogen and oxygen atoms in total. The maximum atomic E-state index is 14.2. The van der Waals surface area contributed by atoms with Crippen molar-refractivity contribution in [3.8, 4) is 0 Å². The lowest BCUT2D eigenvalue weighted by molar-refractivity contribution is 0.122. The van der Waals surface area contributed by atoms with Crippen LogP contribution in [0, 0.1) is 5.82 Å². The zero-order chi connectivity index (χ0) is 15.4. The van der Waals surface area contributed by atoms with Gasteiger partial charge in [0, 0.05) is 24.8 Å². The Kier molecular flexibility index (Phi) is 4.77. The zero-order valence-corrected chi connectivity index (χ0v) is 12.6. The second kappa shape index (κ2) is 6.96. The van der Waals surface area contributed by atoms with Crippen molar-refractivity contribution in [3.63, 3.8) is 0 Å². The van der Waals surface area contributed by atoms with Crippen molar-refractivity contribution < 1.29 is 13.9 Å². The summed E-state index contributed by atoms with van der Waals surface area (Å²) in [6.07, 6.45) is 4.37. The van der Waals surface area contributed by atoms with Gasteiger partial charge < -0.3 is 20.3 Å². The largest absolute Gasteiger partial charge is 0.378 e. The summed E-state index contributed by atoms with van der Waals surface area (Å²) in [5, 5.41) is 5.63. The number of amides is 2. The average Bonchev–Trinajstić information content (AvgIpc) is 3.01. The van der Waals surface area contributed by atoms with Crippen LogP contribution >= 0.6 is 0 Å². The molecule has 0 radical (unpaired) electrons. The van der Waals surface area contributed by atoms with Crippen LogP contribution < -0.4 is 15.5 Å². The Labute approximate surface area is 129 Å². The minimum Gasteiger partial charge on any atom is -0.378 e. The maximum Gasteiger partial charge on any atom is 0.319 e. The molecule has 1 aliphatic heterocycles. The normalized spacial score (nSPS) is 19.2. The molecular formula is C16H22FN3O2. The van der Waals surface area contributed by atoms with Crippen LogP contribution in [0.25, 0.3) is 0 Å². The molecule has 1 saturated heterocycles. The molecule has 0 atom stereocenters. The predicted octanol–water partition coefficient (Wildman–Crippen LogP) is 2.73. The number of halogens is 1. The highest BCUT2D eigenvalue weighted by atomic mass is 19.1. The van der Waals surface area contributed by atoms with E-state index in [9.17, 15) is 9.18 Å². The smallest absolute Gasteiger partial charge is 0.319 e. The molecule has 2 N–H and O–H groups in total. The third-order valence-electron chi connectivity index (χ3n) is 4.25. The lowest BCUT2D eigenvalue weighted by Gasteiger charge is -2.29. The molecule has 2 amide bonds. The molecule has 0 unspecified atom stereocenters. The number of urea groups is 1. The molecule has 120 valence electrons. The SMILES string of the molecule is O=C(Nc1ccc(N2CCOCC2)c(F)c1)NC1CCCC1. The molecule has 1 aromatic carbocycles. The number of hydrogen-bond acceptors (Lipinski definition) is 3. The lowest BCUT2D eigenvalue weighted by Crippen LogP contribution is -2.37. The first-order valence-electron chi connectivity index (χ1n) is 7.92. The van der Waals surface area contributed by atoms with Gasteiger partial charge in [-0.05, 0) is 31.0 Å². The number of anilines is 2. The van der Waals surface area contributed by atoms with E-state index in [1.807, 2.05) is 4.90 Å². The molecule has 2 aliphatic rings. The number of ether oxygens (including phenoxy) is 1. The minimum absolute atomic E-state index is 0.248. The van der Waals surface area contributed by atoms with Crippen LogP contribution in [-0.2, 0) is 4.74 Å². The Balaban J connectivity index is 1.59. The number of carbonyl (C=O) groups is 1. The van der Waals surface area contributed by atoms with E-state index in [4.69, 9.17) is 4.74 Å². The topological polar surface area (TPSA) is 53.6 Å². The fraction of sp³-hybridized carbons (Fsp3) is 0.562. The first kappa shape index (κ1) is 15.1. The Morgan fingerprint density at radius 2 is 1.95 bits per heavy atom. The lowest BCUT2D eigenvalue weighted by atomic mass is 10.2. The van der Waals surface area contributed by atoms with Crippen molar-refractivity contribution in [2.75, 3.05) is 36.5 Å². The van der Waals surface area contributed by atoms with Crippen LogP contribution in [0.2, 0.25) is 0 Å². The quantitative estimate of drug-likeness (QED) is 0.903. The molecule has 3 rings (SSSR count). The fourth-order valence-electron chi connectivity index (χ4n) is 3.07. The second-order valence-electron chi connectivity index (χ2n) is 5.85. The van der Waals surface area contributed by atoms with Gasteiger partial charge in [0.15, 0.2) is 0 Å². The van der Waals surface area contributed by atoms with Crippen molar-refractivity contribution in [2.24, 2.45) is 0 Å². The average molecular weight is 307 g/mol. The van der Waals surface area contributed by atoms with Gasteiger partial charge in [-0.1, -0.05) is 12.8 Å². The number of rotatable bonds is 3. The number of hydrogen-bond donors (Lipinski definition) is 2. The number of nitrogens with one attached hydrogen (secondary N) is 2. The van der Waals surface area contributed by atoms with Crippen molar-refractivity contribution in [1.82, 2.24) is 5.32 Å². The molecule has 0 spiro atoms. The zero-order valence-electron chi connectivity index (χ0n) is 12.6. The van der Waals surface area contributed by atoms with Gasteiger partial charge in [-0.15, -0.1) is 0 Å². The first-order valence-corrected chi connectivity index (χ1v) is 7.92. The van der Waals surface area contributed by atoms with Gasteiger partial charge in [-0.3, -0.25) is 0 Å². The van der Waals surface area contributed by atoms with Crippen LogP contribution in [0.1, 0.15) is 25.7 Å². The van der Waals surface area contributed by atoms with Gasteiger partial charge >= 0.3 is 6.03 Å². The molecular weight excluding hydrogens is 285 g/mol. The van der Waals surface area contributed by atoms with Gasteiger partial charge in [-0.25, -0.2) is 9.18 Å². The monoisotopic (exact) mass is 307 g/mol. The number of morpholine rings is 1. The summed E-state index contributed by atoms with van der Waals surface area (Å²) in [6.45, 7) is 2.60. The molecule has 1 aliphatic carbocycles. The minimum atomic E-state index is -0.319. The summed E-state index contributed by atoms with van der Waals surface area (Å²) in [6, 6.07) is 4.82. The van der Waals surface area contributed by atoms with Gasteiger partial charge in [0.05, 0.1) is 18.9 Å². The second-order valence-corrected chi connectivity index (χ2v) is 5.85. The highest BCUT2D eigenvalue weighted by Crippen LogP contribution is 2.24. The number of nitrogens with zero attached hydrogens (tertiary/aromatic N) is 1. The van der Waals surface area contributed by atoms with Gasteiger partial charge in [0.1, 0.15) is 5.82 Å². The van der Waals surface area contributed by atoms with E-state index in [1.165, 1.54) is 6.07 Å². The van der Waals surface area contributed by atoms with E-state index in [0.717, 1.165) is 25.7 Å². The summed E-state index contributed by atoms with van der Waals surface area (Å²) >= 11 is 0. The van der Waals surface area contributed by atoms with E-state index in [1.54, 1.807) is 12.1 Å². The Morgan fingerprint density at radius 3 is 2.64 bits per heavy atom. The van der Waals surface area contributed by atoms with E-state index in [2.05, 4.69) is 10.6 Å². The Morgan fingerprint density at radius 1 is 1.23 bits per heavy atom. The van der Waals surface area contributed by atoms with Crippen LogP contribution in [0.5, 0.6) is 0 Å². The van der Waals surface area contributed by atoms with E-state index >= 15 is 0 Å². The van der Waals surface area contributed by atoms with Crippen molar-refractivity contribution in [2.45, 2.75) is 31.7 Å². The standard InChI is InChI=1S/C16H22FN3O2/c17-14-11-13(19-16(21)18-12-3-1-2-4-12)5-6-15(14)20-7-9-22-10-8-20/h5-6,11-12H,1-4,7-10H2,(H2,18,19,21). The number of carbonyl (C=O) groups excluding carboxylic acids is 1. The van der Waals surface area contributed by atoms with E-state index in [0.29, 0.717) is 37.7 Å². The number of benzene rings is 1. The van der Waals surface area contributed by atoms with E-state index < -0.39 is 0 Å². The summed E-state index contributed by atoms with van der Waals surface area (Å²) in [5.41, 5.74) is 1.04. The molecule has 22 heavy (non-hydrogen) atoms. The Hall–Kier alpha value is -1.82. The summed E-state index contributed by atoms with van der Waals surface area (Å²) in [4.78, 5) is 13.9. The van der Waals surface area contributed by atoms with Crippen LogP contribution in [-0.4, -0.2) is 38.4 Å². The molecule has 1 heterocycles. The third-order valence-corrected chi connectivity index (χ3v) is 4.25. The molecule has 0 aromatic heterocycles. The van der Waals surface area contributed by atoms with Crippen molar-refractivity contribution in [1.29, 1.82) is 0 Å². The summed E-state index contributed by atoms with van der Waals surface area (Å²) in [5.74, 6) is -0.319. The van der Waals surface area contributed by atoms with Crippen LogP contribution in [0.3, 0.4) is 0 Å². The summed E-state index contributed by atoms with van der Waals surface area (Å²) in [7, 11) is 0. The fourth-order valence-corrected chi connectivity index (χ4v) is 3.07. The third kappa shape index (κ3) is 3.68. The molecule has 2 fully saturated rings. The predicted molar refractivity (Wildman–Crippen MR) is 83.8 cm³/mol. The van der Waals surface area contributed by atoms with E-state index in [-0.39, 0.29) is 17.9 Å². The van der Waals surface area contributed by atoms with Crippen molar-refractivity contribution >= 4 is 17.4 Å². The molecule has 0 bridgehead atoms. The molecule has 1 aromatic rings. The van der Waals surface area contributed by atoms with Crippen LogP contribution in [0.15, 0.2) is 18.2 Å². The highest BCUT2D eigenvalue weighted by molar-refractivity contribution is 5.89. The summed E-state index contributed by atoms with van der Waals surface area (Å²) < 4.78 is 19.5. The van der Waals surface area contributed by atoms with Crippen molar-refractivity contribution in [3.05, 3.63) is 24.0 Å². The first-order chi connectivity index (χ1) is 10.7. The van der Waals surface area contributed by atoms with Crippen LogP contribution in [0.4, 0.5) is 20.6 Å². The Bertz CT molecular complexity index is 526. The maximum absolute atomic E-state index is 14.2. The van der Waals surface area contributed by atoms with Gasteiger partial charge in [0.2, 0.25) is 0 Å². The van der Waals surface area contributed by atoms with Gasteiger partial charge in [0.25, 0.3) is 0 Å². The molecule has 6 heteroatoms. The van der Waals surface area contributed by atoms with Gasteiger partial charge in [-0.2, -0.15) is 0 Å². The highest BCUT2D eigenvalue weighted by Gasteiger charge is 2.18. The molecule has 1 saturated carbocycles.